The Morgan fingerprint density at radius 1 is 1.28 bits per heavy atom. The second-order valence-electron chi connectivity index (χ2n) is 4.11. The summed E-state index contributed by atoms with van der Waals surface area (Å²) in [4.78, 5) is 11.4. The molecule has 18 heavy (non-hydrogen) atoms. The number of alkyl halides is 1. The number of nitrogens with one attached hydrogen (secondary N) is 1. The molecule has 1 aliphatic heterocycles. The van der Waals surface area contributed by atoms with E-state index in [0.29, 0.717) is 12.3 Å². The Bertz CT molecular complexity index is 279. The van der Waals surface area contributed by atoms with E-state index in [-0.39, 0.29) is 6.42 Å². The topological polar surface area (TPSA) is 119 Å². The molecule has 0 bridgehead atoms. The Balaban J connectivity index is 2.57. The van der Waals surface area contributed by atoms with Crippen molar-refractivity contribution in [2.24, 2.45) is 0 Å². The first kappa shape index (κ1) is 15.6. The van der Waals surface area contributed by atoms with Crippen LogP contribution in [0.25, 0.3) is 0 Å². The lowest BCUT2D eigenvalue weighted by atomic mass is 9.97. The molecule has 1 saturated heterocycles. The van der Waals surface area contributed by atoms with E-state index in [9.17, 15) is 20.1 Å². The van der Waals surface area contributed by atoms with Crippen molar-refractivity contribution in [1.82, 2.24) is 5.32 Å². The fourth-order valence-corrected chi connectivity index (χ4v) is 1.87. The standard InChI is InChI=1S/C10H18ClNO6/c11-3-1-2-6(14)12-7-9(16)8(15)5(4-13)18-10(7)17/h5,7-10,13,15-17H,1-4H2,(H,12,14)/t5-,7?,8?,9-,10?/m0/s1. The first-order chi connectivity index (χ1) is 8.51. The summed E-state index contributed by atoms with van der Waals surface area (Å²) >= 11 is 5.44. The Hall–Kier alpha value is -0.440. The molecule has 1 aliphatic rings. The van der Waals surface area contributed by atoms with Gasteiger partial charge in [0, 0.05) is 12.3 Å². The number of aliphatic hydroxyl groups is 4. The summed E-state index contributed by atoms with van der Waals surface area (Å²) in [7, 11) is 0. The predicted molar refractivity (Wildman–Crippen MR) is 61.9 cm³/mol. The lowest BCUT2D eigenvalue weighted by Crippen LogP contribution is -2.64. The van der Waals surface area contributed by atoms with Crippen LogP contribution in [-0.4, -0.2) is 69.5 Å². The van der Waals surface area contributed by atoms with Crippen LogP contribution in [0.4, 0.5) is 0 Å². The number of rotatable bonds is 5. The molecule has 0 saturated carbocycles. The average molecular weight is 284 g/mol. The van der Waals surface area contributed by atoms with Crippen LogP contribution in [0.2, 0.25) is 0 Å². The summed E-state index contributed by atoms with van der Waals surface area (Å²) < 4.78 is 4.89. The number of carbonyl (C=O) groups is 1. The minimum absolute atomic E-state index is 0.152. The van der Waals surface area contributed by atoms with Gasteiger partial charge < -0.3 is 30.5 Å². The number of amides is 1. The highest BCUT2D eigenvalue weighted by atomic mass is 35.5. The molecule has 5 atom stereocenters. The quantitative estimate of drug-likeness (QED) is 0.370. The summed E-state index contributed by atoms with van der Waals surface area (Å²) in [5.74, 6) is -0.0773. The zero-order valence-electron chi connectivity index (χ0n) is 9.70. The van der Waals surface area contributed by atoms with Gasteiger partial charge in [-0.1, -0.05) is 0 Å². The van der Waals surface area contributed by atoms with Crippen LogP contribution in [0.5, 0.6) is 0 Å². The summed E-state index contributed by atoms with van der Waals surface area (Å²) in [6.07, 6.45) is -4.73. The number of aliphatic hydroxyl groups excluding tert-OH is 4. The van der Waals surface area contributed by atoms with Crippen molar-refractivity contribution < 1.29 is 30.0 Å². The molecule has 8 heteroatoms. The second kappa shape index (κ2) is 7.22. The van der Waals surface area contributed by atoms with E-state index < -0.39 is 43.2 Å². The molecule has 1 fully saturated rings. The van der Waals surface area contributed by atoms with Gasteiger partial charge in [-0.25, -0.2) is 0 Å². The van der Waals surface area contributed by atoms with E-state index in [2.05, 4.69) is 5.32 Å². The van der Waals surface area contributed by atoms with E-state index in [1.54, 1.807) is 0 Å². The van der Waals surface area contributed by atoms with Gasteiger partial charge in [-0.05, 0) is 6.42 Å². The third-order valence-electron chi connectivity index (χ3n) is 2.77. The smallest absolute Gasteiger partial charge is 0.220 e. The minimum atomic E-state index is -1.49. The zero-order valence-corrected chi connectivity index (χ0v) is 10.5. The van der Waals surface area contributed by atoms with Gasteiger partial charge >= 0.3 is 0 Å². The molecule has 1 heterocycles. The third kappa shape index (κ3) is 3.78. The molecule has 3 unspecified atom stereocenters. The van der Waals surface area contributed by atoms with Crippen LogP contribution in [0, 0.1) is 0 Å². The molecule has 0 aromatic heterocycles. The number of halogens is 1. The number of hydrogen-bond acceptors (Lipinski definition) is 6. The fraction of sp³-hybridized carbons (Fsp3) is 0.900. The lowest BCUT2D eigenvalue weighted by molar-refractivity contribution is -0.253. The largest absolute Gasteiger partial charge is 0.394 e. The van der Waals surface area contributed by atoms with E-state index in [1.165, 1.54) is 0 Å². The van der Waals surface area contributed by atoms with Crippen LogP contribution in [-0.2, 0) is 9.53 Å². The SMILES string of the molecule is O=C(CCCCl)NC1C(O)O[C@@H](CO)C(O)[C@H]1O. The van der Waals surface area contributed by atoms with Crippen LogP contribution in [0.15, 0.2) is 0 Å². The Morgan fingerprint density at radius 2 is 1.94 bits per heavy atom. The number of hydrogen-bond donors (Lipinski definition) is 5. The lowest BCUT2D eigenvalue weighted by Gasteiger charge is -2.40. The van der Waals surface area contributed by atoms with Crippen molar-refractivity contribution in [3.05, 3.63) is 0 Å². The fourth-order valence-electron chi connectivity index (χ4n) is 1.74. The summed E-state index contributed by atoms with van der Waals surface area (Å²) in [6, 6.07) is -1.13. The maximum atomic E-state index is 11.4. The van der Waals surface area contributed by atoms with Gasteiger partial charge in [0.05, 0.1) is 6.61 Å². The Morgan fingerprint density at radius 3 is 2.50 bits per heavy atom. The van der Waals surface area contributed by atoms with Gasteiger partial charge in [0.1, 0.15) is 24.4 Å². The van der Waals surface area contributed by atoms with Crippen LogP contribution in [0.1, 0.15) is 12.8 Å². The molecule has 7 nitrogen and oxygen atoms in total. The van der Waals surface area contributed by atoms with Crippen molar-refractivity contribution in [2.75, 3.05) is 12.5 Å². The average Bonchev–Trinajstić information content (AvgIpc) is 2.36. The Kier molecular flexibility index (Phi) is 6.27. The van der Waals surface area contributed by atoms with E-state index in [4.69, 9.17) is 21.4 Å². The normalized spacial score (nSPS) is 36.4. The molecule has 0 aromatic rings. The maximum absolute atomic E-state index is 11.4. The van der Waals surface area contributed by atoms with Crippen molar-refractivity contribution in [3.8, 4) is 0 Å². The molecule has 0 radical (unpaired) electrons. The summed E-state index contributed by atoms with van der Waals surface area (Å²) in [5.41, 5.74) is 0. The molecular weight excluding hydrogens is 266 g/mol. The first-order valence-electron chi connectivity index (χ1n) is 5.67. The molecule has 1 amide bonds. The van der Waals surface area contributed by atoms with E-state index in [1.807, 2.05) is 0 Å². The van der Waals surface area contributed by atoms with E-state index >= 15 is 0 Å². The molecular formula is C10H18ClNO6. The highest BCUT2D eigenvalue weighted by molar-refractivity contribution is 6.17. The van der Waals surface area contributed by atoms with Crippen molar-refractivity contribution >= 4 is 17.5 Å². The molecule has 0 aromatic carbocycles. The van der Waals surface area contributed by atoms with Gasteiger partial charge in [-0.2, -0.15) is 0 Å². The number of ether oxygens (including phenoxy) is 1. The molecule has 1 rings (SSSR count). The zero-order chi connectivity index (χ0) is 13.7. The van der Waals surface area contributed by atoms with E-state index in [0.717, 1.165) is 0 Å². The molecule has 0 aliphatic carbocycles. The minimum Gasteiger partial charge on any atom is -0.394 e. The molecule has 0 spiro atoms. The van der Waals surface area contributed by atoms with Crippen LogP contribution < -0.4 is 5.32 Å². The van der Waals surface area contributed by atoms with Gasteiger partial charge in [-0.15, -0.1) is 11.6 Å². The van der Waals surface area contributed by atoms with Gasteiger partial charge in [-0.3, -0.25) is 4.79 Å². The Labute approximate surface area is 109 Å². The monoisotopic (exact) mass is 283 g/mol. The van der Waals surface area contributed by atoms with Crippen molar-refractivity contribution in [2.45, 2.75) is 43.5 Å². The van der Waals surface area contributed by atoms with Crippen molar-refractivity contribution in [1.29, 1.82) is 0 Å². The van der Waals surface area contributed by atoms with Gasteiger partial charge in [0.25, 0.3) is 0 Å². The first-order valence-corrected chi connectivity index (χ1v) is 6.20. The predicted octanol–water partition coefficient (Wildman–Crippen LogP) is -2.08. The van der Waals surface area contributed by atoms with Crippen LogP contribution >= 0.6 is 11.6 Å². The summed E-state index contributed by atoms with van der Waals surface area (Å²) in [5, 5.41) is 40.2. The van der Waals surface area contributed by atoms with Crippen LogP contribution in [0.3, 0.4) is 0 Å². The second-order valence-corrected chi connectivity index (χ2v) is 4.49. The maximum Gasteiger partial charge on any atom is 0.220 e. The molecule has 5 N–H and O–H groups in total. The number of carbonyl (C=O) groups excluding carboxylic acids is 1. The summed E-state index contributed by atoms with van der Waals surface area (Å²) in [6.45, 7) is -0.539. The van der Waals surface area contributed by atoms with Crippen molar-refractivity contribution in [3.63, 3.8) is 0 Å². The highest BCUT2D eigenvalue weighted by Crippen LogP contribution is 2.19. The molecule has 106 valence electrons. The van der Waals surface area contributed by atoms with Gasteiger partial charge in [0.15, 0.2) is 6.29 Å². The van der Waals surface area contributed by atoms with Gasteiger partial charge in [0.2, 0.25) is 5.91 Å². The highest BCUT2D eigenvalue weighted by Gasteiger charge is 2.44. The third-order valence-corrected chi connectivity index (χ3v) is 3.03.